The Kier molecular flexibility index (Phi) is 7.21. The maximum Gasteiger partial charge on any atom is 0.0346 e. The first-order valence-electron chi connectivity index (χ1n) is 8.47. The van der Waals surface area contributed by atoms with E-state index >= 15 is 0 Å². The van der Waals surface area contributed by atoms with E-state index < -0.39 is 0 Å². The molecule has 2 rings (SSSR count). The third kappa shape index (κ3) is 5.08. The Balaban J connectivity index is 2.10. The van der Waals surface area contributed by atoms with Gasteiger partial charge in [-0.15, -0.1) is 0 Å². The summed E-state index contributed by atoms with van der Waals surface area (Å²) in [4.78, 5) is 2.70. The largest absolute Gasteiger partial charge is 0.313 e. The molecule has 0 bridgehead atoms. The van der Waals surface area contributed by atoms with Gasteiger partial charge in [0.25, 0.3) is 0 Å². The Hall–Kier alpha value is -0.380. The quantitative estimate of drug-likeness (QED) is 0.725. The third-order valence-corrected chi connectivity index (χ3v) is 4.97. The van der Waals surface area contributed by atoms with Crippen molar-refractivity contribution in [2.45, 2.75) is 58.0 Å². The zero-order chi connectivity index (χ0) is 15.1. The predicted octanol–water partition coefficient (Wildman–Crippen LogP) is 4.75. The Bertz CT molecular complexity index is 415. The summed E-state index contributed by atoms with van der Waals surface area (Å²) in [6, 6.07) is 10.1. The molecule has 1 aromatic rings. The summed E-state index contributed by atoms with van der Waals surface area (Å²) in [5.74, 6) is 0. The van der Waals surface area contributed by atoms with Crippen molar-refractivity contribution in [1.29, 1.82) is 0 Å². The van der Waals surface area contributed by atoms with Crippen LogP contribution in [0.4, 0.5) is 0 Å². The highest BCUT2D eigenvalue weighted by molar-refractivity contribution is 9.10. The molecule has 1 heterocycles. The second-order valence-corrected chi connectivity index (χ2v) is 7.04. The van der Waals surface area contributed by atoms with Crippen LogP contribution in [0, 0.1) is 0 Å². The van der Waals surface area contributed by atoms with Gasteiger partial charge in [-0.3, -0.25) is 4.90 Å². The average molecular weight is 353 g/mol. The van der Waals surface area contributed by atoms with Gasteiger partial charge in [0, 0.05) is 23.1 Å². The van der Waals surface area contributed by atoms with Crippen LogP contribution in [-0.2, 0) is 0 Å². The van der Waals surface area contributed by atoms with Crippen molar-refractivity contribution in [2.24, 2.45) is 0 Å². The van der Waals surface area contributed by atoms with Crippen molar-refractivity contribution < 1.29 is 0 Å². The fourth-order valence-corrected chi connectivity index (χ4v) is 3.77. The van der Waals surface area contributed by atoms with Gasteiger partial charge in [-0.05, 0) is 56.5 Å². The maximum absolute atomic E-state index is 3.65. The lowest BCUT2D eigenvalue weighted by molar-refractivity contribution is 0.173. The summed E-state index contributed by atoms with van der Waals surface area (Å²) in [6.45, 7) is 8.18. The number of rotatable bonds is 8. The number of nitrogens with one attached hydrogen (secondary N) is 1. The first-order valence-corrected chi connectivity index (χ1v) is 9.26. The second kappa shape index (κ2) is 8.92. The zero-order valence-corrected chi connectivity index (χ0v) is 15.0. The van der Waals surface area contributed by atoms with Crippen molar-refractivity contribution in [2.75, 3.05) is 19.6 Å². The van der Waals surface area contributed by atoms with Crippen LogP contribution in [0.25, 0.3) is 0 Å². The molecule has 2 atom stereocenters. The first kappa shape index (κ1) is 17.0. The van der Waals surface area contributed by atoms with Gasteiger partial charge in [-0.1, -0.05) is 48.3 Å². The molecule has 0 radical (unpaired) electrons. The summed E-state index contributed by atoms with van der Waals surface area (Å²) in [5, 5.41) is 3.65. The van der Waals surface area contributed by atoms with Crippen LogP contribution in [0.5, 0.6) is 0 Å². The topological polar surface area (TPSA) is 15.3 Å². The Morgan fingerprint density at radius 2 is 2.24 bits per heavy atom. The van der Waals surface area contributed by atoms with Crippen molar-refractivity contribution in [1.82, 2.24) is 10.2 Å². The molecule has 118 valence electrons. The van der Waals surface area contributed by atoms with Gasteiger partial charge in [-0.25, -0.2) is 0 Å². The van der Waals surface area contributed by atoms with Crippen LogP contribution in [0.3, 0.4) is 0 Å². The molecule has 0 amide bonds. The number of hydrogen-bond donors (Lipinski definition) is 1. The molecule has 1 fully saturated rings. The van der Waals surface area contributed by atoms with Crippen LogP contribution in [0.2, 0.25) is 0 Å². The summed E-state index contributed by atoms with van der Waals surface area (Å²) in [7, 11) is 0. The Labute approximate surface area is 138 Å². The van der Waals surface area contributed by atoms with E-state index in [-0.39, 0.29) is 0 Å². The molecule has 0 aromatic heterocycles. The van der Waals surface area contributed by atoms with Crippen molar-refractivity contribution >= 4 is 15.9 Å². The molecule has 0 aliphatic carbocycles. The molecule has 1 saturated heterocycles. The van der Waals surface area contributed by atoms with Gasteiger partial charge >= 0.3 is 0 Å². The molecule has 0 spiro atoms. The molecule has 1 N–H and O–H groups in total. The number of nitrogens with zero attached hydrogens (tertiary/aromatic N) is 1. The van der Waals surface area contributed by atoms with Crippen molar-refractivity contribution in [3.8, 4) is 0 Å². The lowest BCUT2D eigenvalue weighted by Crippen LogP contribution is -2.40. The fourth-order valence-electron chi connectivity index (χ4n) is 3.35. The second-order valence-electron chi connectivity index (χ2n) is 6.12. The Morgan fingerprint density at radius 1 is 1.38 bits per heavy atom. The molecule has 0 saturated carbocycles. The van der Waals surface area contributed by atoms with Crippen LogP contribution in [0.15, 0.2) is 28.7 Å². The van der Waals surface area contributed by atoms with Crippen molar-refractivity contribution in [3.63, 3.8) is 0 Å². The summed E-state index contributed by atoms with van der Waals surface area (Å²) in [6.07, 6.45) is 6.39. The van der Waals surface area contributed by atoms with Crippen molar-refractivity contribution in [3.05, 3.63) is 34.3 Å². The minimum Gasteiger partial charge on any atom is -0.313 e. The number of benzene rings is 1. The predicted molar refractivity (Wildman–Crippen MR) is 94.7 cm³/mol. The van der Waals surface area contributed by atoms with Gasteiger partial charge in [0.1, 0.15) is 0 Å². The number of halogens is 1. The minimum atomic E-state index is 0.538. The summed E-state index contributed by atoms with van der Waals surface area (Å²) in [5.41, 5.74) is 1.45. The van der Waals surface area contributed by atoms with Crippen LogP contribution in [0.1, 0.15) is 57.6 Å². The SMILES string of the molecule is CCCCN(CC1CCCN1)C(CC)c1cccc(Br)c1. The van der Waals surface area contributed by atoms with E-state index in [2.05, 4.69) is 64.3 Å². The van der Waals surface area contributed by atoms with Crippen LogP contribution in [-0.4, -0.2) is 30.6 Å². The standard InChI is InChI=1S/C18H29BrN2/c1-3-5-12-21(14-17-10-7-11-20-17)18(4-2)15-8-6-9-16(19)13-15/h6,8-9,13,17-18,20H,3-5,7,10-12,14H2,1-2H3. The van der Waals surface area contributed by atoms with E-state index in [1.54, 1.807) is 0 Å². The van der Waals surface area contributed by atoms with E-state index in [1.807, 2.05) is 0 Å². The van der Waals surface area contributed by atoms with E-state index in [0.717, 1.165) is 0 Å². The van der Waals surface area contributed by atoms with E-state index in [1.165, 1.54) is 61.8 Å². The van der Waals surface area contributed by atoms with Gasteiger partial charge in [0.05, 0.1) is 0 Å². The van der Waals surface area contributed by atoms with Gasteiger partial charge < -0.3 is 5.32 Å². The highest BCUT2D eigenvalue weighted by Crippen LogP contribution is 2.27. The average Bonchev–Trinajstić information content (AvgIpc) is 2.98. The van der Waals surface area contributed by atoms with Gasteiger partial charge in [0.15, 0.2) is 0 Å². The third-order valence-electron chi connectivity index (χ3n) is 4.48. The van der Waals surface area contributed by atoms with Crippen LogP contribution >= 0.6 is 15.9 Å². The smallest absolute Gasteiger partial charge is 0.0346 e. The molecule has 2 nitrogen and oxygen atoms in total. The highest BCUT2D eigenvalue weighted by atomic mass is 79.9. The molecule has 21 heavy (non-hydrogen) atoms. The van der Waals surface area contributed by atoms with Crippen LogP contribution < -0.4 is 5.32 Å². The van der Waals surface area contributed by atoms with Gasteiger partial charge in [0.2, 0.25) is 0 Å². The molecular weight excluding hydrogens is 324 g/mol. The van der Waals surface area contributed by atoms with E-state index in [9.17, 15) is 0 Å². The Morgan fingerprint density at radius 3 is 2.86 bits per heavy atom. The zero-order valence-electron chi connectivity index (χ0n) is 13.4. The summed E-state index contributed by atoms with van der Waals surface area (Å²) >= 11 is 3.62. The highest BCUT2D eigenvalue weighted by Gasteiger charge is 2.23. The fraction of sp³-hybridized carbons (Fsp3) is 0.667. The molecule has 1 aromatic carbocycles. The monoisotopic (exact) mass is 352 g/mol. The maximum atomic E-state index is 3.65. The normalized spacial score (nSPS) is 20.1. The lowest BCUT2D eigenvalue weighted by Gasteiger charge is -2.33. The number of unbranched alkanes of at least 4 members (excludes halogenated alkanes) is 1. The first-order chi connectivity index (χ1) is 10.2. The molecule has 1 aliphatic heterocycles. The minimum absolute atomic E-state index is 0.538. The molecule has 2 unspecified atom stereocenters. The van der Waals surface area contributed by atoms with Gasteiger partial charge in [-0.2, -0.15) is 0 Å². The molecule has 3 heteroatoms. The molecule has 1 aliphatic rings. The summed E-state index contributed by atoms with van der Waals surface area (Å²) < 4.78 is 1.19. The van der Waals surface area contributed by atoms with E-state index in [0.29, 0.717) is 12.1 Å². The number of hydrogen-bond acceptors (Lipinski definition) is 2. The molecular formula is C18H29BrN2. The van der Waals surface area contributed by atoms with E-state index in [4.69, 9.17) is 0 Å². The lowest BCUT2D eigenvalue weighted by atomic mass is 10.0.